The van der Waals surface area contributed by atoms with E-state index in [1.807, 2.05) is 37.5 Å². The van der Waals surface area contributed by atoms with Gasteiger partial charge in [0.05, 0.1) is 24.5 Å². The molecule has 35 heavy (non-hydrogen) atoms. The fourth-order valence-electron chi connectivity index (χ4n) is 3.36. The molecule has 1 atom stereocenters. The van der Waals surface area contributed by atoms with Crippen LogP contribution in [0, 0.1) is 13.8 Å². The van der Waals surface area contributed by atoms with Crippen LogP contribution in [0.25, 0.3) is 0 Å². The van der Waals surface area contributed by atoms with Crippen molar-refractivity contribution >= 4 is 40.1 Å². The molecule has 2 aromatic heterocycles. The van der Waals surface area contributed by atoms with E-state index in [0.717, 1.165) is 16.9 Å². The summed E-state index contributed by atoms with van der Waals surface area (Å²) >= 11 is 2.52. The van der Waals surface area contributed by atoms with E-state index < -0.39 is 0 Å². The number of nitrogens with zero attached hydrogens (tertiary/aromatic N) is 4. The van der Waals surface area contributed by atoms with Gasteiger partial charge in [-0.25, -0.2) is 4.98 Å². The number of amides is 1. The van der Waals surface area contributed by atoms with E-state index in [-0.39, 0.29) is 30.2 Å². The summed E-state index contributed by atoms with van der Waals surface area (Å²) in [6.07, 6.45) is 1.48. The van der Waals surface area contributed by atoms with E-state index in [2.05, 4.69) is 33.1 Å². The van der Waals surface area contributed by atoms with Gasteiger partial charge in [0, 0.05) is 11.9 Å². The van der Waals surface area contributed by atoms with Gasteiger partial charge in [-0.05, 0) is 51.0 Å². The average Bonchev–Trinajstić information content (AvgIpc) is 3.38. The molecule has 0 radical (unpaired) electrons. The first-order valence-corrected chi connectivity index (χ1v) is 13.0. The number of thioether (sulfide) groups is 1. The smallest absolute Gasteiger partial charge is 0.311 e. The van der Waals surface area contributed by atoms with Crippen LogP contribution in [0.5, 0.6) is 5.75 Å². The Morgan fingerprint density at radius 2 is 2.00 bits per heavy atom. The number of ether oxygens (including phenoxy) is 2. The molecule has 0 aliphatic heterocycles. The second-order valence-corrected chi connectivity index (χ2v) is 9.59. The fourth-order valence-corrected chi connectivity index (χ4v) is 4.84. The number of carbonyl (C=O) groups excluding carboxylic acids is 2. The zero-order chi connectivity index (χ0) is 25.4. The molecule has 2 heterocycles. The molecule has 1 N–H and O–H groups in total. The molecule has 0 spiro atoms. The zero-order valence-corrected chi connectivity index (χ0v) is 21.9. The summed E-state index contributed by atoms with van der Waals surface area (Å²) < 4.78 is 12.9. The minimum absolute atomic E-state index is 0.0742. The molecule has 0 saturated heterocycles. The number of anilines is 1. The molecule has 1 aromatic carbocycles. The predicted octanol–water partition coefficient (Wildman–Crippen LogP) is 4.51. The number of aromatic nitrogens is 4. The van der Waals surface area contributed by atoms with Crippen molar-refractivity contribution in [3.05, 3.63) is 58.9 Å². The van der Waals surface area contributed by atoms with Gasteiger partial charge in [0.1, 0.15) is 5.75 Å². The Morgan fingerprint density at radius 3 is 2.69 bits per heavy atom. The molecule has 0 fully saturated rings. The van der Waals surface area contributed by atoms with Gasteiger partial charge in [-0.15, -0.1) is 28.1 Å². The summed E-state index contributed by atoms with van der Waals surface area (Å²) in [5, 5.41) is 14.1. The van der Waals surface area contributed by atoms with Crippen LogP contribution in [0.2, 0.25) is 0 Å². The number of rotatable bonds is 12. The van der Waals surface area contributed by atoms with Crippen LogP contribution in [0.3, 0.4) is 0 Å². The molecule has 3 aromatic rings. The first-order chi connectivity index (χ1) is 16.8. The third-order valence-electron chi connectivity index (χ3n) is 4.69. The molecule has 186 valence electrons. The maximum absolute atomic E-state index is 12.5. The summed E-state index contributed by atoms with van der Waals surface area (Å²) in [5.74, 6) is 0.951. The molecule has 1 amide bonds. The Hall–Kier alpha value is -3.18. The maximum atomic E-state index is 12.5. The third kappa shape index (κ3) is 7.66. The van der Waals surface area contributed by atoms with Gasteiger partial charge in [-0.1, -0.05) is 23.9 Å². The van der Waals surface area contributed by atoms with Crippen LogP contribution in [0.15, 0.2) is 41.4 Å². The predicted molar refractivity (Wildman–Crippen MR) is 137 cm³/mol. The topological polar surface area (TPSA) is 108 Å². The first kappa shape index (κ1) is 26.4. The SMILES string of the molecule is C=CCn1c(SCC(=O)Nc2nc(CC(=O)OCC)cs2)nnc1C(C)Oc1cc(C)cc(C)c1. The van der Waals surface area contributed by atoms with Crippen LogP contribution in [0.1, 0.15) is 42.6 Å². The lowest BCUT2D eigenvalue weighted by atomic mass is 10.1. The number of benzene rings is 1. The normalized spacial score (nSPS) is 11.7. The Bertz CT molecular complexity index is 1170. The summed E-state index contributed by atoms with van der Waals surface area (Å²) in [4.78, 5) is 28.3. The number of thiazole rings is 1. The maximum Gasteiger partial charge on any atom is 0.311 e. The van der Waals surface area contributed by atoms with Gasteiger partial charge < -0.3 is 14.8 Å². The molecular weight excluding hydrogens is 486 g/mol. The highest BCUT2D eigenvalue weighted by Crippen LogP contribution is 2.26. The van der Waals surface area contributed by atoms with Crippen molar-refractivity contribution in [2.75, 3.05) is 17.7 Å². The van der Waals surface area contributed by atoms with Gasteiger partial charge in [0.2, 0.25) is 5.91 Å². The summed E-state index contributed by atoms with van der Waals surface area (Å²) in [6.45, 7) is 12.3. The standard InChI is InChI=1S/C24H29N5O4S2/c1-6-8-29-22(17(5)33-19-10-15(3)9-16(4)11-19)27-28-24(29)35-14-20(30)26-23-25-18(13-34-23)12-21(31)32-7-2/h6,9-11,13,17H,1,7-8,12,14H2,2-5H3,(H,25,26,30). The van der Waals surface area contributed by atoms with E-state index in [9.17, 15) is 9.59 Å². The van der Waals surface area contributed by atoms with Crippen LogP contribution in [0.4, 0.5) is 5.13 Å². The number of esters is 1. The Balaban J connectivity index is 1.61. The van der Waals surface area contributed by atoms with E-state index in [1.165, 1.54) is 23.1 Å². The minimum atomic E-state index is -0.348. The Labute approximate surface area is 213 Å². The van der Waals surface area contributed by atoms with Gasteiger partial charge in [-0.2, -0.15) is 0 Å². The third-order valence-corrected chi connectivity index (χ3v) is 6.46. The Kier molecular flexibility index (Phi) is 9.44. The van der Waals surface area contributed by atoms with Crippen LogP contribution in [-0.2, 0) is 27.3 Å². The molecule has 0 bridgehead atoms. The average molecular weight is 516 g/mol. The van der Waals surface area contributed by atoms with Crippen molar-refractivity contribution in [2.24, 2.45) is 0 Å². The van der Waals surface area contributed by atoms with E-state index >= 15 is 0 Å². The molecule has 0 saturated carbocycles. The number of aryl methyl sites for hydroxylation is 2. The van der Waals surface area contributed by atoms with Crippen molar-refractivity contribution in [3.63, 3.8) is 0 Å². The number of hydrogen-bond donors (Lipinski definition) is 1. The highest BCUT2D eigenvalue weighted by Gasteiger charge is 2.20. The lowest BCUT2D eigenvalue weighted by Crippen LogP contribution is -2.15. The number of carbonyl (C=O) groups is 2. The lowest BCUT2D eigenvalue weighted by molar-refractivity contribution is -0.142. The van der Waals surface area contributed by atoms with Gasteiger partial charge >= 0.3 is 5.97 Å². The van der Waals surface area contributed by atoms with Crippen molar-refractivity contribution in [1.29, 1.82) is 0 Å². The Morgan fingerprint density at radius 1 is 1.26 bits per heavy atom. The molecule has 0 aliphatic carbocycles. The number of nitrogens with one attached hydrogen (secondary N) is 1. The van der Waals surface area contributed by atoms with E-state index in [4.69, 9.17) is 9.47 Å². The van der Waals surface area contributed by atoms with Gasteiger partial charge in [-0.3, -0.25) is 14.2 Å². The second kappa shape index (κ2) is 12.5. The molecule has 11 heteroatoms. The largest absolute Gasteiger partial charge is 0.483 e. The fraction of sp³-hybridized carbons (Fsp3) is 0.375. The number of hydrogen-bond acceptors (Lipinski definition) is 9. The molecular formula is C24H29N5O4S2. The van der Waals surface area contributed by atoms with Crippen molar-refractivity contribution in [3.8, 4) is 5.75 Å². The van der Waals surface area contributed by atoms with Gasteiger partial charge in [0.15, 0.2) is 22.2 Å². The summed E-state index contributed by atoms with van der Waals surface area (Å²) in [5.41, 5.74) is 2.80. The molecule has 0 aliphatic rings. The van der Waals surface area contributed by atoms with E-state index in [1.54, 1.807) is 18.4 Å². The van der Waals surface area contributed by atoms with Crippen LogP contribution in [-0.4, -0.2) is 44.0 Å². The zero-order valence-electron chi connectivity index (χ0n) is 20.2. The quantitative estimate of drug-likeness (QED) is 0.213. The highest BCUT2D eigenvalue weighted by atomic mass is 32.2. The monoisotopic (exact) mass is 515 g/mol. The van der Waals surface area contributed by atoms with Crippen molar-refractivity contribution < 1.29 is 19.1 Å². The minimum Gasteiger partial charge on any atom is -0.483 e. The highest BCUT2D eigenvalue weighted by molar-refractivity contribution is 7.99. The number of allylic oxidation sites excluding steroid dienone is 1. The molecule has 3 rings (SSSR count). The molecule has 9 nitrogen and oxygen atoms in total. The molecule has 1 unspecified atom stereocenters. The van der Waals surface area contributed by atoms with Crippen molar-refractivity contribution in [2.45, 2.75) is 51.9 Å². The van der Waals surface area contributed by atoms with Crippen molar-refractivity contribution in [1.82, 2.24) is 19.7 Å². The lowest BCUT2D eigenvalue weighted by Gasteiger charge is -2.16. The first-order valence-electron chi connectivity index (χ1n) is 11.1. The van der Waals surface area contributed by atoms with Crippen LogP contribution < -0.4 is 10.1 Å². The second-order valence-electron chi connectivity index (χ2n) is 7.79. The van der Waals surface area contributed by atoms with Crippen LogP contribution >= 0.6 is 23.1 Å². The summed E-state index contributed by atoms with van der Waals surface area (Å²) in [7, 11) is 0. The van der Waals surface area contributed by atoms with Gasteiger partial charge in [0.25, 0.3) is 0 Å². The van der Waals surface area contributed by atoms with E-state index in [0.29, 0.717) is 35.0 Å². The summed E-state index contributed by atoms with van der Waals surface area (Å²) in [6, 6.07) is 6.05.